The van der Waals surface area contributed by atoms with Crippen LogP contribution in [-0.2, 0) is 17.6 Å². The fourth-order valence-corrected chi connectivity index (χ4v) is 3.54. The van der Waals surface area contributed by atoms with E-state index in [9.17, 15) is 9.59 Å². The van der Waals surface area contributed by atoms with Crippen molar-refractivity contribution in [2.45, 2.75) is 25.7 Å². The van der Waals surface area contributed by atoms with Crippen LogP contribution in [0.1, 0.15) is 34.5 Å². The van der Waals surface area contributed by atoms with Gasteiger partial charge in [0.05, 0.1) is 12.7 Å². The normalized spacial score (nSPS) is 13.0. The molecule has 1 aliphatic rings. The molecule has 3 aromatic rings. The molecule has 0 fully saturated rings. The topological polar surface area (TPSA) is 101 Å². The number of furan rings is 1. The van der Waals surface area contributed by atoms with E-state index >= 15 is 0 Å². The number of nitrogens with two attached hydrogens (primary N) is 1. The minimum absolute atomic E-state index is 0.0322. The molecule has 150 valence electrons. The predicted molar refractivity (Wildman–Crippen MR) is 105 cm³/mol. The van der Waals surface area contributed by atoms with Crippen LogP contribution in [0.15, 0.2) is 40.8 Å². The molecular formula is C22H21NO6. The number of hydrogen-bond acceptors (Lipinski definition) is 6. The first-order chi connectivity index (χ1) is 14.0. The maximum Gasteiger partial charge on any atom is 0.349 e. The minimum atomic E-state index is -0.702. The fourth-order valence-electron chi connectivity index (χ4n) is 3.54. The Hall–Kier alpha value is -3.48. The van der Waals surface area contributed by atoms with Crippen molar-refractivity contribution in [3.8, 4) is 17.2 Å². The largest absolute Gasteiger partial charge is 0.497 e. The molecule has 1 aromatic heterocycles. The predicted octanol–water partition coefficient (Wildman–Crippen LogP) is 3.40. The summed E-state index contributed by atoms with van der Waals surface area (Å²) < 4.78 is 21.9. The van der Waals surface area contributed by atoms with Gasteiger partial charge in [0.2, 0.25) is 0 Å². The highest BCUT2D eigenvalue weighted by Crippen LogP contribution is 2.34. The van der Waals surface area contributed by atoms with Crippen molar-refractivity contribution < 1.29 is 28.2 Å². The summed E-state index contributed by atoms with van der Waals surface area (Å²) in [7, 11) is 1.47. The Labute approximate surface area is 167 Å². The summed E-state index contributed by atoms with van der Waals surface area (Å²) in [5.74, 6) is 0.699. The standard InChI is InChI=1S/C22H21NO6/c1-26-13-6-8-16(22(23)25)20(11-13)29-21(24)12-27-14-7-9-19-17(10-14)15-4-2-3-5-18(15)28-19/h6-11H,2-5,12H2,1H3,(H2,23,25). The number of amides is 1. The lowest BCUT2D eigenvalue weighted by molar-refractivity contribution is -0.136. The summed E-state index contributed by atoms with van der Waals surface area (Å²) in [6.45, 7) is -0.318. The first-order valence-electron chi connectivity index (χ1n) is 9.41. The van der Waals surface area contributed by atoms with E-state index in [4.69, 9.17) is 24.4 Å². The van der Waals surface area contributed by atoms with E-state index in [2.05, 4.69) is 0 Å². The van der Waals surface area contributed by atoms with Gasteiger partial charge in [-0.05, 0) is 49.6 Å². The van der Waals surface area contributed by atoms with Crippen LogP contribution >= 0.6 is 0 Å². The third kappa shape index (κ3) is 3.89. The fraction of sp³-hybridized carbons (Fsp3) is 0.273. The molecule has 2 N–H and O–H groups in total. The highest BCUT2D eigenvalue weighted by atomic mass is 16.6. The van der Waals surface area contributed by atoms with E-state index in [1.807, 2.05) is 12.1 Å². The Morgan fingerprint density at radius 1 is 1.07 bits per heavy atom. The molecule has 0 spiro atoms. The van der Waals surface area contributed by atoms with Crippen molar-refractivity contribution in [2.75, 3.05) is 13.7 Å². The van der Waals surface area contributed by atoms with Crippen LogP contribution in [0, 0.1) is 0 Å². The van der Waals surface area contributed by atoms with E-state index in [-0.39, 0.29) is 17.9 Å². The number of hydrogen-bond donors (Lipinski definition) is 1. The van der Waals surface area contributed by atoms with Gasteiger partial charge in [-0.15, -0.1) is 0 Å². The molecule has 0 unspecified atom stereocenters. The molecule has 1 heterocycles. The van der Waals surface area contributed by atoms with Gasteiger partial charge in [0.1, 0.15) is 28.6 Å². The zero-order chi connectivity index (χ0) is 20.4. The molecule has 0 saturated carbocycles. The van der Waals surface area contributed by atoms with Gasteiger partial charge in [-0.1, -0.05) is 0 Å². The first kappa shape index (κ1) is 18.9. The number of esters is 1. The summed E-state index contributed by atoms with van der Waals surface area (Å²) in [5.41, 5.74) is 7.47. The lowest BCUT2D eigenvalue weighted by Crippen LogP contribution is -2.20. The molecule has 1 aliphatic carbocycles. The average Bonchev–Trinajstić information content (AvgIpc) is 3.10. The molecule has 29 heavy (non-hydrogen) atoms. The molecule has 0 radical (unpaired) electrons. The number of rotatable bonds is 6. The van der Waals surface area contributed by atoms with Gasteiger partial charge >= 0.3 is 5.97 Å². The van der Waals surface area contributed by atoms with Crippen LogP contribution in [0.25, 0.3) is 11.0 Å². The zero-order valence-corrected chi connectivity index (χ0v) is 16.0. The van der Waals surface area contributed by atoms with Crippen LogP contribution in [-0.4, -0.2) is 25.6 Å². The molecule has 7 nitrogen and oxygen atoms in total. The number of fused-ring (bicyclic) bond motifs is 3. The number of methoxy groups -OCH3 is 1. The number of benzene rings is 2. The molecule has 0 bridgehead atoms. The van der Waals surface area contributed by atoms with Gasteiger partial charge in [-0.2, -0.15) is 0 Å². The highest BCUT2D eigenvalue weighted by Gasteiger charge is 2.19. The van der Waals surface area contributed by atoms with Crippen molar-refractivity contribution in [1.82, 2.24) is 0 Å². The number of ether oxygens (including phenoxy) is 3. The van der Waals surface area contributed by atoms with E-state index < -0.39 is 11.9 Å². The lowest BCUT2D eigenvalue weighted by atomic mass is 9.96. The second-order valence-electron chi connectivity index (χ2n) is 6.86. The zero-order valence-electron chi connectivity index (χ0n) is 16.0. The molecule has 1 amide bonds. The summed E-state index contributed by atoms with van der Waals surface area (Å²) >= 11 is 0. The minimum Gasteiger partial charge on any atom is -0.497 e. The van der Waals surface area contributed by atoms with Gasteiger partial charge in [-0.3, -0.25) is 4.79 Å². The number of carbonyl (C=O) groups is 2. The SMILES string of the molecule is COc1ccc(C(N)=O)c(OC(=O)COc2ccc3oc4c(c3c2)CCCC4)c1. The maximum atomic E-state index is 12.2. The summed E-state index contributed by atoms with van der Waals surface area (Å²) in [5, 5.41) is 1.02. The second kappa shape index (κ2) is 7.87. The van der Waals surface area contributed by atoms with Crippen LogP contribution in [0.2, 0.25) is 0 Å². The lowest BCUT2D eigenvalue weighted by Gasteiger charge is -2.11. The maximum absolute atomic E-state index is 12.2. The highest BCUT2D eigenvalue weighted by molar-refractivity contribution is 5.96. The molecule has 7 heteroatoms. The molecule has 0 atom stereocenters. The number of carbonyl (C=O) groups excluding carboxylic acids is 2. The molecule has 0 saturated heterocycles. The van der Waals surface area contributed by atoms with Crippen molar-refractivity contribution >= 4 is 22.8 Å². The summed E-state index contributed by atoms with van der Waals surface area (Å²) in [4.78, 5) is 23.8. The molecule has 4 rings (SSSR count). The van der Waals surface area contributed by atoms with Crippen molar-refractivity contribution in [1.29, 1.82) is 0 Å². The van der Waals surface area contributed by atoms with Gasteiger partial charge in [0, 0.05) is 23.4 Å². The van der Waals surface area contributed by atoms with Crippen molar-refractivity contribution in [2.24, 2.45) is 5.73 Å². The Kier molecular flexibility index (Phi) is 5.12. The van der Waals surface area contributed by atoms with E-state index in [1.165, 1.54) is 24.8 Å². The van der Waals surface area contributed by atoms with E-state index in [0.717, 1.165) is 42.4 Å². The smallest absolute Gasteiger partial charge is 0.349 e. The Bertz CT molecular complexity index is 1080. The van der Waals surface area contributed by atoms with Gasteiger partial charge < -0.3 is 24.4 Å². The molecule has 0 aliphatic heterocycles. The van der Waals surface area contributed by atoms with E-state index in [0.29, 0.717) is 11.5 Å². The second-order valence-corrected chi connectivity index (χ2v) is 6.86. The summed E-state index contributed by atoms with van der Waals surface area (Å²) in [6.07, 6.45) is 4.22. The van der Waals surface area contributed by atoms with Crippen LogP contribution in [0.4, 0.5) is 0 Å². The summed E-state index contributed by atoms with van der Waals surface area (Å²) in [6, 6.07) is 9.93. The van der Waals surface area contributed by atoms with Crippen LogP contribution in [0.5, 0.6) is 17.2 Å². The Morgan fingerprint density at radius 2 is 1.86 bits per heavy atom. The first-order valence-corrected chi connectivity index (χ1v) is 9.41. The third-order valence-electron chi connectivity index (χ3n) is 4.96. The van der Waals surface area contributed by atoms with Crippen LogP contribution < -0.4 is 19.9 Å². The van der Waals surface area contributed by atoms with Crippen LogP contribution in [0.3, 0.4) is 0 Å². The third-order valence-corrected chi connectivity index (χ3v) is 4.96. The van der Waals surface area contributed by atoms with Gasteiger partial charge in [0.15, 0.2) is 6.61 Å². The molecule has 2 aromatic carbocycles. The molecular weight excluding hydrogens is 374 g/mol. The number of aryl methyl sites for hydroxylation is 2. The number of primary amides is 1. The van der Waals surface area contributed by atoms with E-state index in [1.54, 1.807) is 12.1 Å². The Balaban J connectivity index is 1.47. The quantitative estimate of drug-likeness (QED) is 0.507. The average molecular weight is 395 g/mol. The Morgan fingerprint density at radius 3 is 2.66 bits per heavy atom. The van der Waals surface area contributed by atoms with Crippen molar-refractivity contribution in [3.05, 3.63) is 53.3 Å². The van der Waals surface area contributed by atoms with Crippen molar-refractivity contribution in [3.63, 3.8) is 0 Å². The van der Waals surface area contributed by atoms with Gasteiger partial charge in [0.25, 0.3) is 5.91 Å². The monoisotopic (exact) mass is 395 g/mol. The van der Waals surface area contributed by atoms with Gasteiger partial charge in [-0.25, -0.2) is 4.79 Å².